The normalized spacial score (nSPS) is 10.1. The van der Waals surface area contributed by atoms with Crippen molar-refractivity contribution in [2.24, 2.45) is 5.73 Å². The summed E-state index contributed by atoms with van der Waals surface area (Å²) in [6.07, 6.45) is -4.75. The maximum absolute atomic E-state index is 10.6. The molecule has 0 aliphatic heterocycles. The molecule has 3 N–H and O–H groups in total. The number of carboxylic acids is 1. The van der Waals surface area contributed by atoms with Gasteiger partial charge in [0.05, 0.1) is 6.42 Å². The lowest BCUT2D eigenvalue weighted by Gasteiger charge is -1.93. The molecule has 0 radical (unpaired) electrons. The van der Waals surface area contributed by atoms with Gasteiger partial charge in [0.25, 0.3) is 0 Å². The van der Waals surface area contributed by atoms with Crippen molar-refractivity contribution in [1.29, 1.82) is 0 Å². The van der Waals surface area contributed by atoms with Gasteiger partial charge in [-0.25, -0.2) is 4.79 Å². The average Bonchev–Trinajstić information content (AvgIpc) is 2.17. The Morgan fingerprint density at radius 1 is 1.18 bits per heavy atom. The third-order valence-corrected chi connectivity index (χ3v) is 1.46. The lowest BCUT2D eigenvalue weighted by Crippen LogP contribution is -2.21. The van der Waals surface area contributed by atoms with E-state index >= 15 is 0 Å². The zero-order valence-electron chi connectivity index (χ0n) is 8.57. The highest BCUT2D eigenvalue weighted by Gasteiger charge is 2.38. The van der Waals surface area contributed by atoms with Crippen molar-refractivity contribution in [2.75, 3.05) is 0 Å². The monoisotopic (exact) mass is 249 g/mol. The number of aliphatic carboxylic acids is 1. The highest BCUT2D eigenvalue weighted by atomic mass is 19.4. The van der Waals surface area contributed by atoms with E-state index in [4.69, 9.17) is 15.6 Å². The molecule has 1 aromatic carbocycles. The van der Waals surface area contributed by atoms with Crippen LogP contribution in [0, 0.1) is 0 Å². The number of carbonyl (C=O) groups is 2. The maximum atomic E-state index is 10.6. The highest BCUT2D eigenvalue weighted by molar-refractivity contribution is 5.76. The number of primary amides is 1. The number of rotatable bonds is 2. The van der Waals surface area contributed by atoms with E-state index in [2.05, 4.69) is 0 Å². The van der Waals surface area contributed by atoms with Crippen molar-refractivity contribution in [3.63, 3.8) is 0 Å². The Morgan fingerprint density at radius 3 is 1.88 bits per heavy atom. The van der Waals surface area contributed by atoms with Gasteiger partial charge < -0.3 is 10.8 Å². The summed E-state index contributed by atoms with van der Waals surface area (Å²) in [4.78, 5) is 19.3. The molecule has 0 atom stereocenters. The lowest BCUT2D eigenvalue weighted by atomic mass is 10.1. The minimum absolute atomic E-state index is 0.286. The number of hydrogen-bond acceptors (Lipinski definition) is 2. The van der Waals surface area contributed by atoms with E-state index in [1.807, 2.05) is 30.3 Å². The Labute approximate surface area is 94.9 Å². The van der Waals surface area contributed by atoms with Gasteiger partial charge >= 0.3 is 12.1 Å². The van der Waals surface area contributed by atoms with Crippen molar-refractivity contribution in [3.05, 3.63) is 35.9 Å². The Hall–Kier alpha value is -2.05. The molecule has 0 aliphatic carbocycles. The van der Waals surface area contributed by atoms with Crippen molar-refractivity contribution in [2.45, 2.75) is 12.6 Å². The highest BCUT2D eigenvalue weighted by Crippen LogP contribution is 2.13. The van der Waals surface area contributed by atoms with Crippen molar-refractivity contribution in [1.82, 2.24) is 0 Å². The van der Waals surface area contributed by atoms with Gasteiger partial charge in [-0.2, -0.15) is 13.2 Å². The number of nitrogens with two attached hydrogens (primary N) is 1. The smallest absolute Gasteiger partial charge is 0.475 e. The quantitative estimate of drug-likeness (QED) is 0.830. The average molecular weight is 249 g/mol. The number of benzene rings is 1. The third kappa shape index (κ3) is 7.83. The number of halogens is 3. The molecular weight excluding hydrogens is 239 g/mol. The first kappa shape index (κ1) is 14.9. The number of hydrogen-bond donors (Lipinski definition) is 2. The summed E-state index contributed by atoms with van der Waals surface area (Å²) in [5.74, 6) is -3.04. The first-order chi connectivity index (χ1) is 7.73. The molecule has 1 aromatic rings. The molecule has 0 saturated carbocycles. The van der Waals surface area contributed by atoms with Crippen LogP contribution in [0.25, 0.3) is 0 Å². The summed E-state index contributed by atoms with van der Waals surface area (Å²) in [5, 5.41) is 7.12. The minimum atomic E-state index is -5.08. The molecule has 17 heavy (non-hydrogen) atoms. The molecule has 0 fully saturated rings. The van der Waals surface area contributed by atoms with Crippen LogP contribution in [-0.2, 0) is 16.0 Å². The van der Waals surface area contributed by atoms with Crippen LogP contribution in [0.15, 0.2) is 30.3 Å². The van der Waals surface area contributed by atoms with Crippen LogP contribution in [0.5, 0.6) is 0 Å². The van der Waals surface area contributed by atoms with Gasteiger partial charge in [-0.1, -0.05) is 30.3 Å². The number of alkyl halides is 3. The summed E-state index contributed by atoms with van der Waals surface area (Å²) >= 11 is 0. The summed E-state index contributed by atoms with van der Waals surface area (Å²) in [6, 6.07) is 9.44. The fourth-order valence-corrected chi connectivity index (χ4v) is 0.797. The fraction of sp³-hybridized carbons (Fsp3) is 0.200. The van der Waals surface area contributed by atoms with E-state index in [0.29, 0.717) is 6.42 Å². The van der Waals surface area contributed by atoms with E-state index in [1.54, 1.807) is 0 Å². The Balaban J connectivity index is 0.000000325. The van der Waals surface area contributed by atoms with Crippen molar-refractivity contribution >= 4 is 11.9 Å². The Morgan fingerprint density at radius 2 is 1.59 bits per heavy atom. The lowest BCUT2D eigenvalue weighted by molar-refractivity contribution is -0.192. The Bertz CT molecular complexity index is 376. The fourth-order valence-electron chi connectivity index (χ4n) is 0.797. The second-order valence-electron chi connectivity index (χ2n) is 2.93. The molecule has 94 valence electrons. The molecule has 0 aliphatic rings. The number of carboxylic acid groups (broad SMARTS) is 1. The van der Waals surface area contributed by atoms with Gasteiger partial charge in [0, 0.05) is 0 Å². The molecule has 7 heteroatoms. The van der Waals surface area contributed by atoms with Gasteiger partial charge in [-0.05, 0) is 5.56 Å². The zero-order valence-corrected chi connectivity index (χ0v) is 8.57. The van der Waals surface area contributed by atoms with E-state index in [-0.39, 0.29) is 5.91 Å². The molecule has 0 bridgehead atoms. The van der Waals surface area contributed by atoms with Crippen molar-refractivity contribution < 1.29 is 27.9 Å². The molecule has 0 saturated heterocycles. The van der Waals surface area contributed by atoms with Crippen LogP contribution in [0.4, 0.5) is 13.2 Å². The second kappa shape index (κ2) is 6.51. The van der Waals surface area contributed by atoms with Crippen LogP contribution in [0.1, 0.15) is 5.56 Å². The van der Waals surface area contributed by atoms with Crippen LogP contribution < -0.4 is 5.73 Å². The van der Waals surface area contributed by atoms with Crippen LogP contribution >= 0.6 is 0 Å². The van der Waals surface area contributed by atoms with E-state index in [9.17, 15) is 18.0 Å². The second-order valence-corrected chi connectivity index (χ2v) is 2.93. The molecule has 0 spiro atoms. The van der Waals surface area contributed by atoms with E-state index in [0.717, 1.165) is 5.56 Å². The molecule has 0 aromatic heterocycles. The zero-order chi connectivity index (χ0) is 13.5. The molecule has 1 rings (SSSR count). The van der Waals surface area contributed by atoms with Crippen LogP contribution in [-0.4, -0.2) is 23.2 Å². The van der Waals surface area contributed by atoms with Crippen LogP contribution in [0.2, 0.25) is 0 Å². The van der Waals surface area contributed by atoms with Gasteiger partial charge in [0.15, 0.2) is 0 Å². The molecule has 0 unspecified atom stereocenters. The summed E-state index contributed by atoms with van der Waals surface area (Å²) < 4.78 is 31.7. The maximum Gasteiger partial charge on any atom is 0.490 e. The first-order valence-corrected chi connectivity index (χ1v) is 4.36. The SMILES string of the molecule is NC(=O)Cc1ccccc1.O=C(O)C(F)(F)F. The summed E-state index contributed by atoms with van der Waals surface area (Å²) in [7, 11) is 0. The molecule has 4 nitrogen and oxygen atoms in total. The largest absolute Gasteiger partial charge is 0.490 e. The Kier molecular flexibility index (Phi) is 5.73. The molecule has 1 amide bonds. The van der Waals surface area contributed by atoms with E-state index < -0.39 is 12.1 Å². The predicted molar refractivity (Wildman–Crippen MR) is 53.0 cm³/mol. The number of carbonyl (C=O) groups excluding carboxylic acids is 1. The van der Waals surface area contributed by atoms with Crippen molar-refractivity contribution in [3.8, 4) is 0 Å². The molecule has 0 heterocycles. The van der Waals surface area contributed by atoms with E-state index in [1.165, 1.54) is 0 Å². The van der Waals surface area contributed by atoms with Gasteiger partial charge in [-0.15, -0.1) is 0 Å². The molecular formula is C10H10F3NO3. The topological polar surface area (TPSA) is 80.4 Å². The minimum Gasteiger partial charge on any atom is -0.475 e. The predicted octanol–water partition coefficient (Wildman–Crippen LogP) is 1.35. The summed E-state index contributed by atoms with van der Waals surface area (Å²) in [5.41, 5.74) is 5.95. The summed E-state index contributed by atoms with van der Waals surface area (Å²) in [6.45, 7) is 0. The van der Waals surface area contributed by atoms with Gasteiger partial charge in [-0.3, -0.25) is 4.79 Å². The number of amides is 1. The van der Waals surface area contributed by atoms with Gasteiger partial charge in [0.1, 0.15) is 0 Å². The van der Waals surface area contributed by atoms with Crippen LogP contribution in [0.3, 0.4) is 0 Å². The first-order valence-electron chi connectivity index (χ1n) is 4.36. The standard InChI is InChI=1S/C8H9NO.C2HF3O2/c9-8(10)6-7-4-2-1-3-5-7;3-2(4,5)1(6)7/h1-5H,6H2,(H2,9,10);(H,6,7). The third-order valence-electron chi connectivity index (χ3n) is 1.46. The van der Waals surface area contributed by atoms with Gasteiger partial charge in [0.2, 0.25) is 5.91 Å².